The zero-order valence-corrected chi connectivity index (χ0v) is 11.2. The van der Waals surface area contributed by atoms with Gasteiger partial charge in [-0.25, -0.2) is 4.98 Å². The molecular weight excluding hydrogens is 244 g/mol. The summed E-state index contributed by atoms with van der Waals surface area (Å²) in [5, 5.41) is 0. The summed E-state index contributed by atoms with van der Waals surface area (Å²) in [6.45, 7) is 6.72. The number of nitrogens with two attached hydrogens (primary N) is 1. The fourth-order valence-corrected chi connectivity index (χ4v) is 2.25. The average molecular weight is 264 g/mol. The van der Waals surface area contributed by atoms with Gasteiger partial charge in [0.15, 0.2) is 0 Å². The van der Waals surface area contributed by atoms with E-state index in [2.05, 4.69) is 21.8 Å². The molecule has 104 valence electrons. The minimum atomic E-state index is -0.547. The molecule has 2 rings (SSSR count). The SMILES string of the molecule is CCN1CCOCC(Cc2cnc(C(N)=O)cn2)C1. The minimum absolute atomic E-state index is 0.205. The topological polar surface area (TPSA) is 81.3 Å². The first kappa shape index (κ1) is 13.9. The van der Waals surface area contributed by atoms with Crippen molar-refractivity contribution in [1.29, 1.82) is 0 Å². The van der Waals surface area contributed by atoms with E-state index in [1.807, 2.05) is 0 Å². The summed E-state index contributed by atoms with van der Waals surface area (Å²) < 4.78 is 5.61. The number of ether oxygens (including phenoxy) is 1. The Kier molecular flexibility index (Phi) is 4.81. The van der Waals surface area contributed by atoms with Crippen LogP contribution in [0.2, 0.25) is 0 Å². The molecule has 2 heterocycles. The number of rotatable bonds is 4. The van der Waals surface area contributed by atoms with Gasteiger partial charge in [-0.3, -0.25) is 9.78 Å². The first-order valence-corrected chi connectivity index (χ1v) is 6.60. The summed E-state index contributed by atoms with van der Waals surface area (Å²) in [7, 11) is 0. The molecule has 1 aromatic rings. The molecule has 1 fully saturated rings. The molecule has 1 atom stereocenters. The second-order valence-electron chi connectivity index (χ2n) is 4.80. The van der Waals surface area contributed by atoms with Gasteiger partial charge in [0.05, 0.1) is 25.1 Å². The monoisotopic (exact) mass is 264 g/mol. The van der Waals surface area contributed by atoms with Crippen molar-refractivity contribution >= 4 is 5.91 Å². The van der Waals surface area contributed by atoms with Gasteiger partial charge >= 0.3 is 0 Å². The molecule has 1 unspecified atom stereocenters. The first-order chi connectivity index (χ1) is 9.19. The summed E-state index contributed by atoms with van der Waals surface area (Å²) in [6, 6.07) is 0. The fourth-order valence-electron chi connectivity index (χ4n) is 2.25. The molecule has 6 heteroatoms. The molecule has 1 aliphatic heterocycles. The number of amides is 1. The molecule has 1 saturated heterocycles. The minimum Gasteiger partial charge on any atom is -0.380 e. The van der Waals surface area contributed by atoms with Crippen molar-refractivity contribution in [2.24, 2.45) is 11.7 Å². The van der Waals surface area contributed by atoms with Crippen LogP contribution < -0.4 is 5.73 Å². The predicted octanol–water partition coefficient (Wildman–Crippen LogP) is 0.0863. The van der Waals surface area contributed by atoms with E-state index in [1.165, 1.54) is 6.20 Å². The molecule has 0 bridgehead atoms. The Hall–Kier alpha value is -1.53. The maximum absolute atomic E-state index is 10.9. The summed E-state index contributed by atoms with van der Waals surface area (Å²) >= 11 is 0. The van der Waals surface area contributed by atoms with E-state index < -0.39 is 5.91 Å². The molecule has 6 nitrogen and oxygen atoms in total. The van der Waals surface area contributed by atoms with E-state index in [0.29, 0.717) is 5.92 Å². The third-order valence-electron chi connectivity index (χ3n) is 3.32. The number of carbonyl (C=O) groups is 1. The van der Waals surface area contributed by atoms with Crippen LogP contribution in [-0.4, -0.2) is 53.6 Å². The van der Waals surface area contributed by atoms with Crippen LogP contribution in [0.3, 0.4) is 0 Å². The summed E-state index contributed by atoms with van der Waals surface area (Å²) in [6.07, 6.45) is 3.87. The molecule has 0 saturated carbocycles. The fraction of sp³-hybridized carbons (Fsp3) is 0.615. The number of carbonyl (C=O) groups excluding carboxylic acids is 1. The molecule has 19 heavy (non-hydrogen) atoms. The molecule has 0 radical (unpaired) electrons. The van der Waals surface area contributed by atoms with Gasteiger partial charge < -0.3 is 15.4 Å². The second-order valence-corrected chi connectivity index (χ2v) is 4.80. The van der Waals surface area contributed by atoms with Crippen LogP contribution in [0.4, 0.5) is 0 Å². The second kappa shape index (κ2) is 6.58. The van der Waals surface area contributed by atoms with E-state index >= 15 is 0 Å². The van der Waals surface area contributed by atoms with Crippen LogP contribution in [0, 0.1) is 5.92 Å². The van der Waals surface area contributed by atoms with E-state index in [4.69, 9.17) is 10.5 Å². The molecule has 1 aromatic heterocycles. The highest BCUT2D eigenvalue weighted by Gasteiger charge is 2.18. The molecule has 0 aromatic carbocycles. The number of aromatic nitrogens is 2. The van der Waals surface area contributed by atoms with Gasteiger partial charge in [0, 0.05) is 25.2 Å². The molecular formula is C13H20N4O2. The van der Waals surface area contributed by atoms with E-state index in [1.54, 1.807) is 6.20 Å². The lowest BCUT2D eigenvalue weighted by atomic mass is 10.0. The van der Waals surface area contributed by atoms with Gasteiger partial charge in [0.1, 0.15) is 5.69 Å². The average Bonchev–Trinajstić information content (AvgIpc) is 2.64. The van der Waals surface area contributed by atoms with E-state index in [-0.39, 0.29) is 5.69 Å². The Morgan fingerprint density at radius 1 is 1.53 bits per heavy atom. The number of likely N-dealkylation sites (N-methyl/N-ethyl adjacent to an activating group) is 1. The lowest BCUT2D eigenvalue weighted by molar-refractivity contribution is 0.0995. The van der Waals surface area contributed by atoms with Gasteiger partial charge in [-0.05, 0) is 13.0 Å². The molecule has 1 amide bonds. The predicted molar refractivity (Wildman–Crippen MR) is 70.7 cm³/mol. The Morgan fingerprint density at radius 3 is 3.00 bits per heavy atom. The van der Waals surface area contributed by atoms with Crippen molar-refractivity contribution in [2.75, 3.05) is 32.8 Å². The van der Waals surface area contributed by atoms with Gasteiger partial charge in [-0.15, -0.1) is 0 Å². The van der Waals surface area contributed by atoms with Crippen LogP contribution in [-0.2, 0) is 11.2 Å². The van der Waals surface area contributed by atoms with E-state index in [0.717, 1.165) is 45.0 Å². The van der Waals surface area contributed by atoms with Gasteiger partial charge in [-0.1, -0.05) is 6.92 Å². The Bertz CT molecular complexity index is 421. The lowest BCUT2D eigenvalue weighted by Gasteiger charge is -2.21. The van der Waals surface area contributed by atoms with Crippen molar-refractivity contribution in [3.8, 4) is 0 Å². The van der Waals surface area contributed by atoms with Crippen LogP contribution in [0.5, 0.6) is 0 Å². The van der Waals surface area contributed by atoms with Crippen molar-refractivity contribution < 1.29 is 9.53 Å². The quantitative estimate of drug-likeness (QED) is 0.833. The summed E-state index contributed by atoms with van der Waals surface area (Å²) in [5.41, 5.74) is 6.21. The smallest absolute Gasteiger partial charge is 0.268 e. The third-order valence-corrected chi connectivity index (χ3v) is 3.32. The van der Waals surface area contributed by atoms with Crippen LogP contribution in [0.25, 0.3) is 0 Å². The normalized spacial score (nSPS) is 21.0. The van der Waals surface area contributed by atoms with E-state index in [9.17, 15) is 4.79 Å². The molecule has 2 N–H and O–H groups in total. The highest BCUT2D eigenvalue weighted by atomic mass is 16.5. The standard InChI is InChI=1S/C13H20N4O2/c1-2-17-3-4-19-9-10(8-17)5-11-6-16-12(7-15-11)13(14)18/h6-7,10H,2-5,8-9H2,1H3,(H2,14,18). The number of hydrogen-bond donors (Lipinski definition) is 1. The van der Waals surface area contributed by atoms with Gasteiger partial charge in [-0.2, -0.15) is 0 Å². The van der Waals surface area contributed by atoms with Crippen molar-refractivity contribution in [2.45, 2.75) is 13.3 Å². The molecule has 0 spiro atoms. The van der Waals surface area contributed by atoms with Crippen molar-refractivity contribution in [3.63, 3.8) is 0 Å². The zero-order valence-electron chi connectivity index (χ0n) is 11.2. The summed E-state index contributed by atoms with van der Waals surface area (Å²) in [4.78, 5) is 21.6. The summed E-state index contributed by atoms with van der Waals surface area (Å²) in [5.74, 6) is -0.134. The van der Waals surface area contributed by atoms with Gasteiger partial charge in [0.25, 0.3) is 5.91 Å². The number of nitrogens with zero attached hydrogens (tertiary/aromatic N) is 3. The van der Waals surface area contributed by atoms with Crippen LogP contribution in [0.1, 0.15) is 23.1 Å². The van der Waals surface area contributed by atoms with Gasteiger partial charge in [0.2, 0.25) is 0 Å². The molecule has 1 aliphatic rings. The van der Waals surface area contributed by atoms with Crippen LogP contribution in [0.15, 0.2) is 12.4 Å². The van der Waals surface area contributed by atoms with Crippen LogP contribution >= 0.6 is 0 Å². The molecule has 0 aliphatic carbocycles. The number of primary amides is 1. The highest BCUT2D eigenvalue weighted by Crippen LogP contribution is 2.12. The van der Waals surface area contributed by atoms with Crippen molar-refractivity contribution in [1.82, 2.24) is 14.9 Å². The Balaban J connectivity index is 1.97. The largest absolute Gasteiger partial charge is 0.380 e. The highest BCUT2D eigenvalue weighted by molar-refractivity contribution is 5.90. The maximum Gasteiger partial charge on any atom is 0.268 e. The van der Waals surface area contributed by atoms with Crippen molar-refractivity contribution in [3.05, 3.63) is 23.8 Å². The first-order valence-electron chi connectivity index (χ1n) is 6.60. The Morgan fingerprint density at radius 2 is 2.37 bits per heavy atom. The third kappa shape index (κ3) is 3.97. The lowest BCUT2D eigenvalue weighted by Crippen LogP contribution is -2.30. The Labute approximate surface area is 113 Å². The maximum atomic E-state index is 10.9. The number of hydrogen-bond acceptors (Lipinski definition) is 5. The zero-order chi connectivity index (χ0) is 13.7.